The second-order valence-corrected chi connectivity index (χ2v) is 2.67. The summed E-state index contributed by atoms with van der Waals surface area (Å²) in [6.07, 6.45) is 0. The first kappa shape index (κ1) is 11.6. The summed E-state index contributed by atoms with van der Waals surface area (Å²) in [6.45, 7) is 1.87. The van der Waals surface area contributed by atoms with Crippen molar-refractivity contribution in [3.05, 3.63) is 35.4 Å². The minimum absolute atomic E-state index is 0.347. The van der Waals surface area contributed by atoms with Gasteiger partial charge in [-0.25, -0.2) is 4.79 Å². The van der Waals surface area contributed by atoms with Crippen molar-refractivity contribution in [1.82, 2.24) is 5.32 Å². The number of aryl methyl sites for hydroxylation is 1. The highest BCUT2D eigenvalue weighted by molar-refractivity contribution is 5.87. The van der Waals surface area contributed by atoms with E-state index in [0.717, 1.165) is 5.56 Å². The van der Waals surface area contributed by atoms with Gasteiger partial charge in [0.1, 0.15) is 0 Å². The van der Waals surface area contributed by atoms with Gasteiger partial charge in [0, 0.05) is 0 Å². The number of rotatable bonds is 1. The van der Waals surface area contributed by atoms with Crippen LogP contribution in [0.4, 0.5) is 0 Å². The lowest BCUT2D eigenvalue weighted by Gasteiger charge is -1.93. The molecule has 1 aromatic rings. The largest absolute Gasteiger partial charge is 0.478 e. The normalized spacial score (nSPS) is 8.54. The van der Waals surface area contributed by atoms with E-state index >= 15 is 0 Å². The van der Waals surface area contributed by atoms with Crippen molar-refractivity contribution < 1.29 is 9.90 Å². The third kappa shape index (κ3) is 4.98. The number of carboxylic acids is 1. The molecule has 0 heterocycles. The summed E-state index contributed by atoms with van der Waals surface area (Å²) in [5, 5.41) is 11.3. The average Bonchev–Trinajstić information content (AvgIpc) is 2.05. The van der Waals surface area contributed by atoms with Crippen molar-refractivity contribution in [3.8, 4) is 0 Å². The van der Waals surface area contributed by atoms with Crippen LogP contribution in [0, 0.1) is 6.92 Å². The van der Waals surface area contributed by atoms with Crippen molar-refractivity contribution in [2.75, 3.05) is 14.1 Å². The van der Waals surface area contributed by atoms with Crippen LogP contribution in [0.2, 0.25) is 0 Å². The Labute approximate surface area is 78.4 Å². The van der Waals surface area contributed by atoms with Crippen LogP contribution in [0.1, 0.15) is 15.9 Å². The molecule has 1 rings (SSSR count). The smallest absolute Gasteiger partial charge is 0.335 e. The maximum absolute atomic E-state index is 10.4. The van der Waals surface area contributed by atoms with E-state index in [1.54, 1.807) is 18.2 Å². The van der Waals surface area contributed by atoms with Gasteiger partial charge in [0.2, 0.25) is 0 Å². The number of benzene rings is 1. The molecule has 3 heteroatoms. The van der Waals surface area contributed by atoms with Gasteiger partial charge in [0.25, 0.3) is 0 Å². The van der Waals surface area contributed by atoms with Gasteiger partial charge >= 0.3 is 5.97 Å². The van der Waals surface area contributed by atoms with E-state index in [4.69, 9.17) is 5.11 Å². The van der Waals surface area contributed by atoms with Gasteiger partial charge in [-0.3, -0.25) is 0 Å². The zero-order chi connectivity index (χ0) is 10.3. The Bertz CT molecular complexity index is 271. The summed E-state index contributed by atoms with van der Waals surface area (Å²) in [4.78, 5) is 10.4. The molecule has 0 saturated heterocycles. The Balaban J connectivity index is 0.000000424. The first-order valence-corrected chi connectivity index (χ1v) is 4.00. The highest BCUT2D eigenvalue weighted by Crippen LogP contribution is 2.02. The fraction of sp³-hybridized carbons (Fsp3) is 0.300. The molecule has 0 unspecified atom stereocenters. The standard InChI is InChI=1S/C8H8O2.C2H7N/c1-6-3-2-4-7(5-6)8(9)10;1-3-2/h2-5H,1H3,(H,9,10);3H,1-2H3. The number of carboxylic acid groups (broad SMARTS) is 1. The lowest BCUT2D eigenvalue weighted by atomic mass is 10.1. The fourth-order valence-corrected chi connectivity index (χ4v) is 0.778. The highest BCUT2D eigenvalue weighted by atomic mass is 16.4. The molecule has 0 aromatic heterocycles. The zero-order valence-corrected chi connectivity index (χ0v) is 8.16. The summed E-state index contributed by atoms with van der Waals surface area (Å²) in [7, 11) is 3.75. The van der Waals surface area contributed by atoms with Gasteiger partial charge in [-0.1, -0.05) is 17.7 Å². The van der Waals surface area contributed by atoms with Crippen molar-refractivity contribution >= 4 is 5.97 Å². The fourth-order valence-electron chi connectivity index (χ4n) is 0.778. The Hall–Kier alpha value is -1.35. The Morgan fingerprint density at radius 2 is 1.92 bits per heavy atom. The molecule has 0 amide bonds. The van der Waals surface area contributed by atoms with Crippen molar-refractivity contribution in [2.24, 2.45) is 0 Å². The maximum Gasteiger partial charge on any atom is 0.335 e. The molecule has 72 valence electrons. The van der Waals surface area contributed by atoms with Crippen LogP contribution >= 0.6 is 0 Å². The molecule has 0 saturated carbocycles. The summed E-state index contributed by atoms with van der Waals surface area (Å²) in [5.41, 5.74) is 1.32. The molecule has 0 aliphatic carbocycles. The van der Waals surface area contributed by atoms with Gasteiger partial charge in [-0.15, -0.1) is 0 Å². The zero-order valence-electron chi connectivity index (χ0n) is 8.16. The van der Waals surface area contributed by atoms with E-state index in [1.807, 2.05) is 27.1 Å². The SMILES string of the molecule is CNC.Cc1cccc(C(=O)O)c1. The molecule has 0 atom stereocenters. The number of hydrogen-bond donors (Lipinski definition) is 2. The van der Waals surface area contributed by atoms with Gasteiger partial charge in [-0.2, -0.15) is 0 Å². The third-order valence-corrected chi connectivity index (χ3v) is 1.27. The predicted molar refractivity (Wildman–Crippen MR) is 53.1 cm³/mol. The number of aromatic carboxylic acids is 1. The van der Waals surface area contributed by atoms with E-state index in [1.165, 1.54) is 0 Å². The summed E-state index contributed by atoms with van der Waals surface area (Å²) in [6, 6.07) is 6.82. The summed E-state index contributed by atoms with van der Waals surface area (Å²) < 4.78 is 0. The molecule has 0 bridgehead atoms. The predicted octanol–water partition coefficient (Wildman–Crippen LogP) is 1.53. The molecule has 0 fully saturated rings. The van der Waals surface area contributed by atoms with Crippen LogP contribution < -0.4 is 5.32 Å². The van der Waals surface area contributed by atoms with Gasteiger partial charge in [0.05, 0.1) is 5.56 Å². The Morgan fingerprint density at radius 3 is 2.23 bits per heavy atom. The van der Waals surface area contributed by atoms with Crippen LogP contribution in [0.15, 0.2) is 24.3 Å². The van der Waals surface area contributed by atoms with Crippen molar-refractivity contribution in [3.63, 3.8) is 0 Å². The minimum Gasteiger partial charge on any atom is -0.478 e. The van der Waals surface area contributed by atoms with Crippen LogP contribution in [0.3, 0.4) is 0 Å². The lowest BCUT2D eigenvalue weighted by Crippen LogP contribution is -1.95. The van der Waals surface area contributed by atoms with Crippen LogP contribution in [-0.4, -0.2) is 25.2 Å². The highest BCUT2D eigenvalue weighted by Gasteiger charge is 1.99. The number of carbonyl (C=O) groups is 1. The van der Waals surface area contributed by atoms with Crippen LogP contribution in [-0.2, 0) is 0 Å². The molecular formula is C10H15NO2. The van der Waals surface area contributed by atoms with Crippen LogP contribution in [0.25, 0.3) is 0 Å². The van der Waals surface area contributed by atoms with Crippen LogP contribution in [0.5, 0.6) is 0 Å². The quantitative estimate of drug-likeness (QED) is 0.690. The van der Waals surface area contributed by atoms with Gasteiger partial charge < -0.3 is 10.4 Å². The first-order chi connectivity index (χ1) is 6.11. The maximum atomic E-state index is 10.4. The van der Waals surface area contributed by atoms with E-state index in [9.17, 15) is 4.79 Å². The van der Waals surface area contributed by atoms with Crippen molar-refractivity contribution in [2.45, 2.75) is 6.92 Å². The summed E-state index contributed by atoms with van der Waals surface area (Å²) >= 11 is 0. The third-order valence-electron chi connectivity index (χ3n) is 1.27. The molecule has 0 spiro atoms. The average molecular weight is 181 g/mol. The number of nitrogens with one attached hydrogen (secondary N) is 1. The van der Waals surface area contributed by atoms with Gasteiger partial charge in [0.15, 0.2) is 0 Å². The van der Waals surface area contributed by atoms with Crippen molar-refractivity contribution in [1.29, 1.82) is 0 Å². The van der Waals surface area contributed by atoms with E-state index < -0.39 is 5.97 Å². The molecule has 0 aliphatic heterocycles. The topological polar surface area (TPSA) is 49.3 Å². The Kier molecular flexibility index (Phi) is 5.55. The number of hydrogen-bond acceptors (Lipinski definition) is 2. The molecule has 0 radical (unpaired) electrons. The molecule has 3 nitrogen and oxygen atoms in total. The Morgan fingerprint density at radius 1 is 1.38 bits per heavy atom. The summed E-state index contributed by atoms with van der Waals surface area (Å²) in [5.74, 6) is -0.872. The molecule has 0 aliphatic rings. The lowest BCUT2D eigenvalue weighted by molar-refractivity contribution is 0.0697. The van der Waals surface area contributed by atoms with Gasteiger partial charge in [-0.05, 0) is 33.2 Å². The molecule has 1 aromatic carbocycles. The second-order valence-electron chi connectivity index (χ2n) is 2.67. The first-order valence-electron chi connectivity index (χ1n) is 4.00. The molecular weight excluding hydrogens is 166 g/mol. The van der Waals surface area contributed by atoms with E-state index in [-0.39, 0.29) is 0 Å². The monoisotopic (exact) mass is 181 g/mol. The second kappa shape index (κ2) is 6.20. The molecule has 13 heavy (non-hydrogen) atoms. The van der Waals surface area contributed by atoms with E-state index in [2.05, 4.69) is 5.32 Å². The van der Waals surface area contributed by atoms with E-state index in [0.29, 0.717) is 5.56 Å². The minimum atomic E-state index is -0.872. The molecule has 2 N–H and O–H groups in total.